The van der Waals surface area contributed by atoms with Gasteiger partial charge in [-0.25, -0.2) is 0 Å². The molecule has 0 unspecified atom stereocenters. The second-order valence-electron chi connectivity index (χ2n) is 3.27. The zero-order chi connectivity index (χ0) is 10.8. The van der Waals surface area contributed by atoms with Crippen LogP contribution in [0.4, 0.5) is 5.69 Å². The number of hydrogen-bond donors (Lipinski definition) is 2. The second-order valence-corrected chi connectivity index (χ2v) is 3.27. The van der Waals surface area contributed by atoms with E-state index in [1.165, 1.54) is 6.20 Å². The second kappa shape index (κ2) is 3.56. The van der Waals surface area contributed by atoms with Crippen LogP contribution in [0, 0.1) is 18.3 Å². The number of rotatable bonds is 1. The topological polar surface area (TPSA) is 74.7 Å². The number of fused-ring (bicyclic) bond motifs is 1. The van der Waals surface area contributed by atoms with Gasteiger partial charge in [0.2, 0.25) is 0 Å². The van der Waals surface area contributed by atoms with E-state index in [0.717, 1.165) is 16.5 Å². The molecule has 74 valence electrons. The lowest BCUT2D eigenvalue weighted by Crippen LogP contribution is -2.09. The minimum Gasteiger partial charge on any atom is -0.322 e. The van der Waals surface area contributed by atoms with Gasteiger partial charge in [-0.1, -0.05) is 18.2 Å². The summed E-state index contributed by atoms with van der Waals surface area (Å²) in [5.41, 5.74) is 5.57. The quantitative estimate of drug-likeness (QED) is 0.540. The van der Waals surface area contributed by atoms with E-state index in [2.05, 4.69) is 16.5 Å². The maximum atomic E-state index is 8.89. The normalized spacial score (nSPS) is 9.93. The van der Waals surface area contributed by atoms with E-state index in [4.69, 9.17) is 11.1 Å². The fraction of sp³-hybridized carbons (Fsp3) is 0.0909. The van der Waals surface area contributed by atoms with E-state index in [1.54, 1.807) is 0 Å². The number of hydrazine groups is 1. The number of nitriles is 1. The molecule has 0 spiro atoms. The van der Waals surface area contributed by atoms with Crippen molar-refractivity contribution in [3.8, 4) is 6.07 Å². The Morgan fingerprint density at radius 2 is 2.27 bits per heavy atom. The lowest BCUT2D eigenvalue weighted by atomic mass is 10.1. The molecule has 0 radical (unpaired) electrons. The fourth-order valence-corrected chi connectivity index (χ4v) is 1.61. The van der Waals surface area contributed by atoms with Gasteiger partial charge in [-0.2, -0.15) is 5.26 Å². The van der Waals surface area contributed by atoms with E-state index >= 15 is 0 Å². The molecular weight excluding hydrogens is 188 g/mol. The Hall–Kier alpha value is -2.12. The number of pyridine rings is 1. The molecule has 0 aliphatic carbocycles. The molecule has 0 bridgehead atoms. The Morgan fingerprint density at radius 3 is 2.93 bits per heavy atom. The highest BCUT2D eigenvalue weighted by Gasteiger charge is 2.08. The monoisotopic (exact) mass is 198 g/mol. The number of nitrogens with one attached hydrogen (secondary N) is 1. The number of aromatic nitrogens is 1. The van der Waals surface area contributed by atoms with Crippen LogP contribution in [0.25, 0.3) is 10.9 Å². The molecule has 0 aliphatic heterocycles. The summed E-state index contributed by atoms with van der Waals surface area (Å²) < 4.78 is 0. The van der Waals surface area contributed by atoms with Gasteiger partial charge in [0, 0.05) is 11.6 Å². The van der Waals surface area contributed by atoms with Crippen molar-refractivity contribution < 1.29 is 0 Å². The average Bonchev–Trinajstić information content (AvgIpc) is 2.28. The van der Waals surface area contributed by atoms with Crippen molar-refractivity contribution in [2.75, 3.05) is 5.43 Å². The predicted molar refractivity (Wildman–Crippen MR) is 59.0 cm³/mol. The van der Waals surface area contributed by atoms with Crippen LogP contribution in [0.15, 0.2) is 24.4 Å². The van der Waals surface area contributed by atoms with E-state index in [-0.39, 0.29) is 0 Å². The van der Waals surface area contributed by atoms with Gasteiger partial charge in [0.15, 0.2) is 0 Å². The molecular formula is C11H10N4. The maximum absolute atomic E-state index is 8.89. The van der Waals surface area contributed by atoms with E-state index in [1.807, 2.05) is 25.1 Å². The van der Waals surface area contributed by atoms with Crippen LogP contribution in [-0.2, 0) is 0 Å². The van der Waals surface area contributed by atoms with Crippen LogP contribution >= 0.6 is 0 Å². The summed E-state index contributed by atoms with van der Waals surface area (Å²) in [6.45, 7) is 1.97. The SMILES string of the molecule is Cc1cccc2c(NN)c(C#N)cnc12. The van der Waals surface area contributed by atoms with Crippen molar-refractivity contribution in [1.82, 2.24) is 4.98 Å². The largest absolute Gasteiger partial charge is 0.322 e. The summed E-state index contributed by atoms with van der Waals surface area (Å²) in [6, 6.07) is 7.84. The molecule has 1 heterocycles. The Morgan fingerprint density at radius 1 is 1.47 bits per heavy atom. The summed E-state index contributed by atoms with van der Waals surface area (Å²) in [5, 5.41) is 9.76. The number of para-hydroxylation sites is 1. The summed E-state index contributed by atoms with van der Waals surface area (Å²) in [5.74, 6) is 5.41. The minimum atomic E-state index is 0.454. The Balaban J connectivity index is 2.90. The highest BCUT2D eigenvalue weighted by molar-refractivity contribution is 5.95. The van der Waals surface area contributed by atoms with Gasteiger partial charge in [0.05, 0.1) is 16.8 Å². The van der Waals surface area contributed by atoms with Crippen LogP contribution in [-0.4, -0.2) is 4.98 Å². The smallest absolute Gasteiger partial charge is 0.103 e. The first-order valence-electron chi connectivity index (χ1n) is 4.53. The highest BCUT2D eigenvalue weighted by Crippen LogP contribution is 2.26. The third kappa shape index (κ3) is 1.39. The van der Waals surface area contributed by atoms with Crippen molar-refractivity contribution in [2.24, 2.45) is 5.84 Å². The van der Waals surface area contributed by atoms with Crippen LogP contribution < -0.4 is 11.3 Å². The standard InChI is InChI=1S/C11H10N4/c1-7-3-2-4-9-10(7)14-6-8(5-12)11(9)15-13/h2-4,6H,13H2,1H3,(H,14,15). The highest BCUT2D eigenvalue weighted by atomic mass is 15.2. The van der Waals surface area contributed by atoms with Crippen molar-refractivity contribution in [3.63, 3.8) is 0 Å². The van der Waals surface area contributed by atoms with Gasteiger partial charge in [-0.15, -0.1) is 0 Å². The Bertz CT molecular complexity index is 554. The third-order valence-electron chi connectivity index (χ3n) is 2.36. The summed E-state index contributed by atoms with van der Waals surface area (Å²) in [7, 11) is 0. The van der Waals surface area contributed by atoms with Crippen molar-refractivity contribution in [1.29, 1.82) is 5.26 Å². The van der Waals surface area contributed by atoms with Crippen LogP contribution in [0.1, 0.15) is 11.1 Å². The summed E-state index contributed by atoms with van der Waals surface area (Å²) >= 11 is 0. The fourth-order valence-electron chi connectivity index (χ4n) is 1.61. The molecule has 3 N–H and O–H groups in total. The number of hydrogen-bond acceptors (Lipinski definition) is 4. The van der Waals surface area contributed by atoms with Crippen LogP contribution in [0.3, 0.4) is 0 Å². The maximum Gasteiger partial charge on any atom is 0.103 e. The van der Waals surface area contributed by atoms with Gasteiger partial charge in [-0.3, -0.25) is 10.8 Å². The molecule has 2 aromatic rings. The molecule has 2 rings (SSSR count). The molecule has 0 aliphatic rings. The van der Waals surface area contributed by atoms with Gasteiger partial charge >= 0.3 is 0 Å². The van der Waals surface area contributed by atoms with Crippen molar-refractivity contribution in [2.45, 2.75) is 6.92 Å². The third-order valence-corrected chi connectivity index (χ3v) is 2.36. The van der Waals surface area contributed by atoms with Crippen molar-refractivity contribution in [3.05, 3.63) is 35.5 Å². The van der Waals surface area contributed by atoms with Gasteiger partial charge in [0.1, 0.15) is 6.07 Å². The Kier molecular flexibility index (Phi) is 2.24. The number of nitrogens with two attached hydrogens (primary N) is 1. The lowest BCUT2D eigenvalue weighted by Gasteiger charge is -2.08. The van der Waals surface area contributed by atoms with E-state index in [0.29, 0.717) is 11.3 Å². The first-order chi connectivity index (χ1) is 7.27. The zero-order valence-electron chi connectivity index (χ0n) is 8.28. The van der Waals surface area contributed by atoms with Gasteiger partial charge in [-0.05, 0) is 12.5 Å². The molecule has 4 heteroatoms. The Labute approximate surface area is 87.3 Å². The molecule has 4 nitrogen and oxygen atoms in total. The summed E-state index contributed by atoms with van der Waals surface area (Å²) in [6.07, 6.45) is 1.53. The van der Waals surface area contributed by atoms with Crippen LogP contribution in [0.2, 0.25) is 0 Å². The molecule has 0 atom stereocenters. The first kappa shape index (κ1) is 9.44. The molecule has 0 saturated carbocycles. The molecule has 1 aromatic carbocycles. The molecule has 1 aromatic heterocycles. The molecule has 0 amide bonds. The number of benzene rings is 1. The van der Waals surface area contributed by atoms with Crippen molar-refractivity contribution >= 4 is 16.6 Å². The summed E-state index contributed by atoms with van der Waals surface area (Å²) in [4.78, 5) is 4.24. The van der Waals surface area contributed by atoms with Crippen LogP contribution in [0.5, 0.6) is 0 Å². The molecule has 0 fully saturated rings. The van der Waals surface area contributed by atoms with E-state index in [9.17, 15) is 0 Å². The van der Waals surface area contributed by atoms with E-state index < -0.39 is 0 Å². The van der Waals surface area contributed by atoms with Gasteiger partial charge in [0.25, 0.3) is 0 Å². The predicted octanol–water partition coefficient (Wildman–Crippen LogP) is 1.70. The zero-order valence-corrected chi connectivity index (χ0v) is 8.28. The number of nitrogen functional groups attached to an aromatic ring is 1. The number of aryl methyl sites for hydroxylation is 1. The lowest BCUT2D eigenvalue weighted by molar-refractivity contribution is 1.29. The molecule has 15 heavy (non-hydrogen) atoms. The molecule has 0 saturated heterocycles. The number of anilines is 1. The minimum absolute atomic E-state index is 0.454. The van der Waals surface area contributed by atoms with Gasteiger partial charge < -0.3 is 5.43 Å². The number of nitrogens with zero attached hydrogens (tertiary/aromatic N) is 2. The average molecular weight is 198 g/mol. The first-order valence-corrected chi connectivity index (χ1v) is 4.53.